The van der Waals surface area contributed by atoms with Crippen molar-refractivity contribution < 1.29 is 17.9 Å². The molecule has 0 N–H and O–H groups in total. The van der Waals surface area contributed by atoms with Gasteiger partial charge in [0, 0.05) is 6.54 Å². The first-order valence-corrected chi connectivity index (χ1v) is 7.77. The second-order valence-electron chi connectivity index (χ2n) is 6.32. The zero-order chi connectivity index (χ0) is 16.3. The predicted molar refractivity (Wildman–Crippen MR) is 81.1 cm³/mol. The molecule has 0 amide bonds. The van der Waals surface area contributed by atoms with Gasteiger partial charge in [-0.25, -0.2) is 0 Å². The Bertz CT molecular complexity index is 491. The first-order chi connectivity index (χ1) is 10.3. The lowest BCUT2D eigenvalue weighted by Gasteiger charge is -2.33. The van der Waals surface area contributed by atoms with Crippen molar-refractivity contribution in [3.8, 4) is 5.75 Å². The summed E-state index contributed by atoms with van der Waals surface area (Å²) in [5.41, 5.74) is 2.28. The van der Waals surface area contributed by atoms with Crippen molar-refractivity contribution in [2.45, 2.75) is 45.3 Å². The fourth-order valence-electron chi connectivity index (χ4n) is 3.01. The molecule has 1 aliphatic rings. The third-order valence-electron chi connectivity index (χ3n) is 4.37. The van der Waals surface area contributed by atoms with Gasteiger partial charge in [0.1, 0.15) is 5.75 Å². The summed E-state index contributed by atoms with van der Waals surface area (Å²) in [6.45, 7) is 5.93. The molecule has 1 aromatic rings. The van der Waals surface area contributed by atoms with E-state index < -0.39 is 12.1 Å². The number of benzene rings is 1. The summed E-state index contributed by atoms with van der Waals surface area (Å²) in [6, 6.07) is 6.06. The average Bonchev–Trinajstić information content (AvgIpc) is 2.46. The Morgan fingerprint density at radius 1 is 1.23 bits per heavy atom. The van der Waals surface area contributed by atoms with Gasteiger partial charge in [-0.3, -0.25) is 4.90 Å². The molecule has 1 heterocycles. The van der Waals surface area contributed by atoms with Crippen LogP contribution in [0.1, 0.15) is 43.7 Å². The Morgan fingerprint density at radius 2 is 1.86 bits per heavy atom. The van der Waals surface area contributed by atoms with Gasteiger partial charge in [-0.2, -0.15) is 13.2 Å². The Kier molecular flexibility index (Phi) is 5.37. The van der Waals surface area contributed by atoms with Gasteiger partial charge in [0.25, 0.3) is 0 Å². The highest BCUT2D eigenvalue weighted by Gasteiger charge is 2.40. The Morgan fingerprint density at radius 3 is 2.36 bits per heavy atom. The molecule has 0 atom stereocenters. The largest absolute Gasteiger partial charge is 0.496 e. The van der Waals surface area contributed by atoms with E-state index in [0.29, 0.717) is 25.6 Å². The van der Waals surface area contributed by atoms with Crippen molar-refractivity contribution in [2.75, 3.05) is 20.2 Å². The number of ether oxygens (including phenoxy) is 1. The third-order valence-corrected chi connectivity index (χ3v) is 4.37. The predicted octanol–water partition coefficient (Wildman–Crippen LogP) is 4.59. The van der Waals surface area contributed by atoms with Crippen LogP contribution >= 0.6 is 0 Å². The van der Waals surface area contributed by atoms with Crippen molar-refractivity contribution in [3.05, 3.63) is 29.3 Å². The minimum Gasteiger partial charge on any atom is -0.496 e. The third kappa shape index (κ3) is 4.15. The zero-order valence-corrected chi connectivity index (χ0v) is 13.4. The van der Waals surface area contributed by atoms with Gasteiger partial charge in [-0.05, 0) is 49.0 Å². The lowest BCUT2D eigenvalue weighted by molar-refractivity contribution is -0.185. The second-order valence-corrected chi connectivity index (χ2v) is 6.32. The van der Waals surface area contributed by atoms with Crippen molar-refractivity contribution in [1.82, 2.24) is 4.90 Å². The number of methoxy groups -OCH3 is 1. The fourth-order valence-corrected chi connectivity index (χ4v) is 3.01. The molecule has 2 nitrogen and oxygen atoms in total. The summed E-state index contributed by atoms with van der Waals surface area (Å²) in [5.74, 6) is 0.0891. The van der Waals surface area contributed by atoms with Crippen molar-refractivity contribution >= 4 is 0 Å². The van der Waals surface area contributed by atoms with Crippen LogP contribution in [-0.4, -0.2) is 31.3 Å². The van der Waals surface area contributed by atoms with Gasteiger partial charge >= 0.3 is 6.18 Å². The van der Waals surface area contributed by atoms with Crippen LogP contribution < -0.4 is 4.74 Å². The van der Waals surface area contributed by atoms with Gasteiger partial charge in [0.15, 0.2) is 0 Å². The summed E-state index contributed by atoms with van der Waals surface area (Å²) in [5, 5.41) is 0. The molecule has 0 saturated carbocycles. The molecule has 124 valence electrons. The van der Waals surface area contributed by atoms with Crippen LogP contribution in [0, 0.1) is 5.92 Å². The maximum absolute atomic E-state index is 12.7. The lowest BCUT2D eigenvalue weighted by atomic mass is 9.95. The number of nitrogens with zero attached hydrogens (tertiary/aromatic N) is 1. The zero-order valence-electron chi connectivity index (χ0n) is 13.4. The molecule has 0 aromatic heterocycles. The van der Waals surface area contributed by atoms with Crippen molar-refractivity contribution in [1.29, 1.82) is 0 Å². The van der Waals surface area contributed by atoms with Gasteiger partial charge in [0.05, 0.1) is 13.0 Å². The number of halogens is 3. The maximum Gasteiger partial charge on any atom is 0.391 e. The highest BCUT2D eigenvalue weighted by molar-refractivity contribution is 5.39. The monoisotopic (exact) mass is 315 g/mol. The number of piperidine rings is 1. The molecular formula is C17H24F3NO. The molecule has 22 heavy (non-hydrogen) atoms. The van der Waals surface area contributed by atoms with E-state index >= 15 is 0 Å². The number of alkyl halides is 3. The Labute approximate surface area is 130 Å². The van der Waals surface area contributed by atoms with Crippen LogP contribution in [0.2, 0.25) is 0 Å². The average molecular weight is 315 g/mol. The summed E-state index contributed by atoms with van der Waals surface area (Å²) < 4.78 is 43.4. The van der Waals surface area contributed by atoms with Crippen LogP contribution in [0.4, 0.5) is 13.2 Å². The normalized spacial score (nSPS) is 18.0. The quantitative estimate of drug-likeness (QED) is 0.805. The van der Waals surface area contributed by atoms with Crippen LogP contribution in [-0.2, 0) is 6.54 Å². The summed E-state index contributed by atoms with van der Waals surface area (Å²) in [6.07, 6.45) is -3.63. The van der Waals surface area contributed by atoms with Crippen LogP contribution in [0.5, 0.6) is 5.75 Å². The number of hydrogen-bond acceptors (Lipinski definition) is 2. The van der Waals surface area contributed by atoms with Crippen LogP contribution in [0.15, 0.2) is 18.2 Å². The molecule has 0 radical (unpaired) electrons. The first kappa shape index (κ1) is 17.1. The summed E-state index contributed by atoms with van der Waals surface area (Å²) >= 11 is 0. The molecule has 0 bridgehead atoms. The van der Waals surface area contributed by atoms with Gasteiger partial charge in [-0.1, -0.05) is 26.0 Å². The minimum atomic E-state index is -4.04. The SMILES string of the molecule is COc1ccc(CN2CCC(C(F)(F)F)CC2)cc1C(C)C. The molecule has 0 spiro atoms. The molecule has 1 fully saturated rings. The lowest BCUT2D eigenvalue weighted by Crippen LogP contribution is -2.38. The summed E-state index contributed by atoms with van der Waals surface area (Å²) in [4.78, 5) is 2.11. The highest BCUT2D eigenvalue weighted by Crippen LogP contribution is 2.34. The number of hydrogen-bond donors (Lipinski definition) is 0. The standard InChI is InChI=1S/C17H24F3NO/c1-12(2)15-10-13(4-5-16(15)22-3)11-21-8-6-14(7-9-21)17(18,19)20/h4-5,10,12,14H,6-9,11H2,1-3H3. The van der Waals surface area contributed by atoms with Crippen molar-refractivity contribution in [3.63, 3.8) is 0 Å². The second kappa shape index (κ2) is 6.90. The van der Waals surface area contributed by atoms with E-state index in [9.17, 15) is 13.2 Å². The van der Waals surface area contributed by atoms with E-state index in [-0.39, 0.29) is 12.8 Å². The Hall–Kier alpha value is -1.23. The van der Waals surface area contributed by atoms with E-state index in [0.717, 1.165) is 16.9 Å². The van der Waals surface area contributed by atoms with Crippen LogP contribution in [0.3, 0.4) is 0 Å². The van der Waals surface area contributed by atoms with Crippen molar-refractivity contribution in [2.24, 2.45) is 5.92 Å². The number of rotatable bonds is 4. The smallest absolute Gasteiger partial charge is 0.391 e. The summed E-state index contributed by atoms with van der Waals surface area (Å²) in [7, 11) is 1.66. The topological polar surface area (TPSA) is 12.5 Å². The molecular weight excluding hydrogens is 291 g/mol. The highest BCUT2D eigenvalue weighted by atomic mass is 19.4. The maximum atomic E-state index is 12.7. The van der Waals surface area contributed by atoms with E-state index in [4.69, 9.17) is 4.74 Å². The first-order valence-electron chi connectivity index (χ1n) is 7.77. The molecule has 2 rings (SSSR count). The van der Waals surface area contributed by atoms with E-state index in [1.807, 2.05) is 12.1 Å². The molecule has 5 heteroatoms. The minimum absolute atomic E-state index is 0.205. The molecule has 1 aromatic carbocycles. The number of likely N-dealkylation sites (tertiary alicyclic amines) is 1. The molecule has 0 unspecified atom stereocenters. The van der Waals surface area contributed by atoms with E-state index in [1.165, 1.54) is 0 Å². The van der Waals surface area contributed by atoms with Gasteiger partial charge < -0.3 is 4.74 Å². The molecule has 0 aliphatic carbocycles. The Balaban J connectivity index is 1.99. The molecule has 1 saturated heterocycles. The van der Waals surface area contributed by atoms with E-state index in [2.05, 4.69) is 24.8 Å². The van der Waals surface area contributed by atoms with Crippen LogP contribution in [0.25, 0.3) is 0 Å². The molecule has 1 aliphatic heterocycles. The fraction of sp³-hybridized carbons (Fsp3) is 0.647. The van der Waals surface area contributed by atoms with Gasteiger partial charge in [0.2, 0.25) is 0 Å². The van der Waals surface area contributed by atoms with E-state index in [1.54, 1.807) is 7.11 Å². The van der Waals surface area contributed by atoms with Gasteiger partial charge in [-0.15, -0.1) is 0 Å².